The van der Waals surface area contributed by atoms with Gasteiger partial charge in [-0.1, -0.05) is 37.6 Å². The number of benzene rings is 2. The molecule has 0 aliphatic heterocycles. The van der Waals surface area contributed by atoms with Gasteiger partial charge in [-0.25, -0.2) is 9.59 Å². The molecule has 0 saturated carbocycles. The largest absolute Gasteiger partial charge is 0.373 e. The molecule has 0 saturated heterocycles. The molecule has 0 unspecified atom stereocenters. The number of hydrogen-bond acceptors (Lipinski definition) is 6. The van der Waals surface area contributed by atoms with E-state index in [1.165, 1.54) is 0 Å². The molecule has 0 N–H and O–H groups in total. The van der Waals surface area contributed by atoms with Gasteiger partial charge in [0.2, 0.25) is 6.29 Å². The molecule has 0 aliphatic rings. The maximum atomic E-state index is 12.3. The maximum Gasteiger partial charge on any atom is 0.373 e. The summed E-state index contributed by atoms with van der Waals surface area (Å²) < 4.78 is 0. The maximum absolute atomic E-state index is 12.3. The molecule has 6 heteroatoms. The molecule has 0 fully saturated rings. The molecule has 2 rings (SSSR count). The van der Waals surface area contributed by atoms with Gasteiger partial charge in [0.1, 0.15) is 0 Å². The lowest BCUT2D eigenvalue weighted by atomic mass is 10.0. The Hall–Kier alpha value is -2.70. The molecule has 0 amide bonds. The third kappa shape index (κ3) is 5.41. The standard InChI is InChI=1S/C22H26O6/c1-6-9-20(25-27-21(23)18-12-7-10-14(2)16(18)4)26-28-22(24)19-13-8-11-15(3)17(19)5/h7-8,10-13,20H,6,9H2,1-5H3. The van der Waals surface area contributed by atoms with E-state index in [0.29, 0.717) is 24.0 Å². The smallest absolute Gasteiger partial charge is 0.290 e. The van der Waals surface area contributed by atoms with E-state index in [1.54, 1.807) is 24.3 Å². The van der Waals surface area contributed by atoms with Crippen LogP contribution < -0.4 is 0 Å². The molecule has 0 aromatic heterocycles. The molecule has 0 radical (unpaired) electrons. The van der Waals surface area contributed by atoms with Crippen molar-refractivity contribution in [1.82, 2.24) is 0 Å². The van der Waals surface area contributed by atoms with Crippen LogP contribution in [0.15, 0.2) is 36.4 Å². The van der Waals surface area contributed by atoms with Gasteiger partial charge in [-0.3, -0.25) is 9.78 Å². The van der Waals surface area contributed by atoms with Crippen molar-refractivity contribution in [3.8, 4) is 0 Å². The van der Waals surface area contributed by atoms with Crippen LogP contribution in [0.25, 0.3) is 0 Å². The molecule has 150 valence electrons. The van der Waals surface area contributed by atoms with Crippen LogP contribution in [-0.4, -0.2) is 18.2 Å². The first-order valence-electron chi connectivity index (χ1n) is 9.22. The predicted molar refractivity (Wildman–Crippen MR) is 104 cm³/mol. The van der Waals surface area contributed by atoms with Crippen LogP contribution in [0.2, 0.25) is 0 Å². The van der Waals surface area contributed by atoms with E-state index in [0.717, 1.165) is 22.3 Å². The number of aryl methyl sites for hydroxylation is 2. The molecule has 6 nitrogen and oxygen atoms in total. The van der Waals surface area contributed by atoms with E-state index in [4.69, 9.17) is 19.6 Å². The fourth-order valence-corrected chi connectivity index (χ4v) is 2.58. The van der Waals surface area contributed by atoms with Crippen molar-refractivity contribution in [2.75, 3.05) is 0 Å². The van der Waals surface area contributed by atoms with Gasteiger partial charge in [0.25, 0.3) is 0 Å². The number of carbonyl (C=O) groups is 2. The lowest BCUT2D eigenvalue weighted by Crippen LogP contribution is -2.22. The van der Waals surface area contributed by atoms with Crippen molar-refractivity contribution in [3.05, 3.63) is 69.8 Å². The summed E-state index contributed by atoms with van der Waals surface area (Å²) in [6.07, 6.45) is 0.0282. The lowest BCUT2D eigenvalue weighted by Gasteiger charge is -2.15. The van der Waals surface area contributed by atoms with E-state index < -0.39 is 18.2 Å². The summed E-state index contributed by atoms with van der Waals surface area (Å²) in [6.45, 7) is 9.38. The van der Waals surface area contributed by atoms with Crippen molar-refractivity contribution >= 4 is 11.9 Å². The van der Waals surface area contributed by atoms with Gasteiger partial charge >= 0.3 is 11.9 Å². The van der Waals surface area contributed by atoms with Crippen LogP contribution in [-0.2, 0) is 19.6 Å². The summed E-state index contributed by atoms with van der Waals surface area (Å²) in [5.41, 5.74) is 4.37. The van der Waals surface area contributed by atoms with Crippen LogP contribution in [0.4, 0.5) is 0 Å². The second-order valence-electron chi connectivity index (χ2n) is 6.65. The molecular formula is C22H26O6. The van der Waals surface area contributed by atoms with Gasteiger partial charge in [-0.15, -0.1) is 9.78 Å². The SMILES string of the molecule is CCCC(OOC(=O)c1cccc(C)c1C)OOC(=O)c1cccc(C)c1C. The van der Waals surface area contributed by atoms with E-state index in [9.17, 15) is 9.59 Å². The highest BCUT2D eigenvalue weighted by molar-refractivity contribution is 5.91. The summed E-state index contributed by atoms with van der Waals surface area (Å²) in [5, 5.41) is 0. The Morgan fingerprint density at radius 3 is 1.61 bits per heavy atom. The molecular weight excluding hydrogens is 360 g/mol. The molecule has 0 aliphatic carbocycles. The minimum absolute atomic E-state index is 0.375. The van der Waals surface area contributed by atoms with Gasteiger partial charge in [-0.05, 0) is 62.1 Å². The van der Waals surface area contributed by atoms with Gasteiger partial charge in [0.05, 0.1) is 11.1 Å². The second kappa shape index (κ2) is 10.0. The molecule has 0 bridgehead atoms. The topological polar surface area (TPSA) is 71.1 Å². The first-order chi connectivity index (χ1) is 13.3. The Morgan fingerprint density at radius 2 is 1.21 bits per heavy atom. The van der Waals surface area contributed by atoms with Gasteiger partial charge in [0, 0.05) is 6.42 Å². The summed E-state index contributed by atoms with van der Waals surface area (Å²) >= 11 is 0. The zero-order valence-corrected chi connectivity index (χ0v) is 16.9. The second-order valence-corrected chi connectivity index (χ2v) is 6.65. The van der Waals surface area contributed by atoms with Gasteiger partial charge in [-0.2, -0.15) is 0 Å². The third-order valence-electron chi connectivity index (χ3n) is 4.64. The number of carbonyl (C=O) groups excluding carboxylic acids is 2. The van der Waals surface area contributed by atoms with Crippen LogP contribution >= 0.6 is 0 Å². The van der Waals surface area contributed by atoms with E-state index in [-0.39, 0.29) is 0 Å². The zero-order valence-electron chi connectivity index (χ0n) is 16.9. The summed E-state index contributed by atoms with van der Waals surface area (Å²) in [6, 6.07) is 10.7. The van der Waals surface area contributed by atoms with Crippen molar-refractivity contribution in [2.24, 2.45) is 0 Å². The Balaban J connectivity index is 1.96. The van der Waals surface area contributed by atoms with Crippen LogP contribution in [0, 0.1) is 27.7 Å². The normalized spacial score (nSPS) is 10.8. The quantitative estimate of drug-likeness (QED) is 0.364. The van der Waals surface area contributed by atoms with E-state index in [2.05, 4.69) is 0 Å². The van der Waals surface area contributed by atoms with E-state index in [1.807, 2.05) is 46.8 Å². The monoisotopic (exact) mass is 386 g/mol. The Kier molecular flexibility index (Phi) is 7.72. The van der Waals surface area contributed by atoms with Gasteiger partial charge in [0.15, 0.2) is 0 Å². The van der Waals surface area contributed by atoms with E-state index >= 15 is 0 Å². The molecule has 28 heavy (non-hydrogen) atoms. The molecule has 2 aromatic rings. The Bertz CT molecular complexity index is 775. The average Bonchev–Trinajstić information content (AvgIpc) is 2.67. The Morgan fingerprint density at radius 1 is 0.786 bits per heavy atom. The summed E-state index contributed by atoms with van der Waals surface area (Å²) in [5.74, 6) is -1.27. The lowest BCUT2D eigenvalue weighted by molar-refractivity contribution is -0.421. The first-order valence-corrected chi connectivity index (χ1v) is 9.22. The summed E-state index contributed by atoms with van der Waals surface area (Å²) in [4.78, 5) is 44.5. The van der Waals surface area contributed by atoms with Crippen LogP contribution in [0.3, 0.4) is 0 Å². The van der Waals surface area contributed by atoms with Crippen molar-refractivity contribution in [2.45, 2.75) is 53.8 Å². The van der Waals surface area contributed by atoms with Crippen molar-refractivity contribution in [3.63, 3.8) is 0 Å². The fourth-order valence-electron chi connectivity index (χ4n) is 2.58. The molecule has 2 aromatic carbocycles. The van der Waals surface area contributed by atoms with Gasteiger partial charge < -0.3 is 0 Å². The van der Waals surface area contributed by atoms with Crippen molar-refractivity contribution in [1.29, 1.82) is 0 Å². The zero-order chi connectivity index (χ0) is 20.7. The average molecular weight is 386 g/mol. The summed E-state index contributed by atoms with van der Waals surface area (Å²) in [7, 11) is 0. The number of rotatable bonds is 8. The highest BCUT2D eigenvalue weighted by Crippen LogP contribution is 2.17. The number of hydrogen-bond donors (Lipinski definition) is 0. The minimum Gasteiger partial charge on any atom is -0.290 e. The predicted octanol–water partition coefficient (Wildman–Crippen LogP) is 4.92. The minimum atomic E-state index is -1.02. The first kappa shape index (κ1) is 21.6. The highest BCUT2D eigenvalue weighted by Gasteiger charge is 2.20. The Labute approximate surface area is 165 Å². The van der Waals surface area contributed by atoms with Crippen molar-refractivity contribution < 1.29 is 29.1 Å². The highest BCUT2D eigenvalue weighted by atomic mass is 17.3. The molecule has 0 atom stereocenters. The fraction of sp³-hybridized carbons (Fsp3) is 0.364. The molecule has 0 heterocycles. The third-order valence-corrected chi connectivity index (χ3v) is 4.64. The van der Waals surface area contributed by atoms with Crippen LogP contribution in [0.5, 0.6) is 0 Å². The van der Waals surface area contributed by atoms with Crippen LogP contribution in [0.1, 0.15) is 62.7 Å². The molecule has 0 spiro atoms.